The van der Waals surface area contributed by atoms with Crippen LogP contribution in [0.3, 0.4) is 0 Å². The average molecular weight is 328 g/mol. The van der Waals surface area contributed by atoms with E-state index < -0.39 is 11.9 Å². The quantitative estimate of drug-likeness (QED) is 0.922. The highest BCUT2D eigenvalue weighted by Gasteiger charge is 2.39. The van der Waals surface area contributed by atoms with Gasteiger partial charge in [-0.2, -0.15) is 0 Å². The number of halogens is 1. The van der Waals surface area contributed by atoms with Crippen molar-refractivity contribution in [1.82, 2.24) is 0 Å². The van der Waals surface area contributed by atoms with E-state index in [0.717, 1.165) is 0 Å². The Balaban J connectivity index is 2.13. The third-order valence-electron chi connectivity index (χ3n) is 4.21. The number of nitrogens with zero attached hydrogens (tertiary/aromatic N) is 2. The molecule has 1 N–H and O–H groups in total. The van der Waals surface area contributed by atoms with Crippen LogP contribution in [0.1, 0.15) is 23.7 Å². The summed E-state index contributed by atoms with van der Waals surface area (Å²) in [6.07, 6.45) is 0.434. The number of aromatic hydroxyl groups is 1. The van der Waals surface area contributed by atoms with Gasteiger partial charge in [0.05, 0.1) is 11.4 Å². The molecule has 2 aromatic carbocycles. The van der Waals surface area contributed by atoms with Gasteiger partial charge in [-0.15, -0.1) is 0 Å². The zero-order chi connectivity index (χ0) is 17.4. The second-order valence-electron chi connectivity index (χ2n) is 5.68. The standard InChI is InChI=1S/C18H17FN2O3/c1-3-14-18(24)20(2)16-10-12(19)6-9-15(16)21(14)17(23)11-4-7-13(22)8-5-11/h4-10,14,22H,3H2,1-2H3/t14-/m1/s1. The molecule has 2 aromatic rings. The number of rotatable bonds is 2. The number of benzene rings is 2. The SMILES string of the molecule is CC[C@@H]1C(=O)N(C)c2cc(F)ccc2N1C(=O)c1ccc(O)cc1. The lowest BCUT2D eigenvalue weighted by molar-refractivity contribution is -0.119. The van der Waals surface area contributed by atoms with Crippen molar-refractivity contribution in [1.29, 1.82) is 0 Å². The number of likely N-dealkylation sites (N-methyl/N-ethyl adjacent to an activating group) is 1. The van der Waals surface area contributed by atoms with E-state index in [0.29, 0.717) is 23.4 Å². The van der Waals surface area contributed by atoms with Crippen LogP contribution in [0.5, 0.6) is 5.75 Å². The first-order valence-electron chi connectivity index (χ1n) is 7.63. The molecule has 1 aliphatic heterocycles. The molecule has 124 valence electrons. The fraction of sp³-hybridized carbons (Fsp3) is 0.222. The van der Waals surface area contributed by atoms with Gasteiger partial charge in [0.25, 0.3) is 5.91 Å². The van der Waals surface area contributed by atoms with Crippen LogP contribution in [-0.4, -0.2) is 30.0 Å². The minimum atomic E-state index is -0.658. The number of anilines is 2. The maximum atomic E-state index is 13.6. The van der Waals surface area contributed by atoms with Crippen molar-refractivity contribution >= 4 is 23.2 Å². The van der Waals surface area contributed by atoms with Crippen molar-refractivity contribution in [2.24, 2.45) is 0 Å². The Labute approximate surface area is 138 Å². The second kappa shape index (κ2) is 5.96. The number of carbonyl (C=O) groups excluding carboxylic acids is 2. The van der Waals surface area contributed by atoms with Crippen LogP contribution in [0, 0.1) is 5.82 Å². The van der Waals surface area contributed by atoms with Gasteiger partial charge < -0.3 is 10.0 Å². The van der Waals surface area contributed by atoms with Gasteiger partial charge in [-0.25, -0.2) is 4.39 Å². The van der Waals surface area contributed by atoms with Crippen molar-refractivity contribution in [3.05, 3.63) is 53.8 Å². The van der Waals surface area contributed by atoms with Crippen LogP contribution in [0.25, 0.3) is 0 Å². The molecule has 0 aliphatic carbocycles. The number of amides is 2. The second-order valence-corrected chi connectivity index (χ2v) is 5.68. The van der Waals surface area contributed by atoms with Crippen molar-refractivity contribution in [3.63, 3.8) is 0 Å². The minimum Gasteiger partial charge on any atom is -0.508 e. The van der Waals surface area contributed by atoms with E-state index in [9.17, 15) is 19.1 Å². The Morgan fingerprint density at radius 3 is 2.46 bits per heavy atom. The van der Waals surface area contributed by atoms with E-state index in [1.165, 1.54) is 52.3 Å². The summed E-state index contributed by atoms with van der Waals surface area (Å²) in [6, 6.07) is 9.19. The lowest BCUT2D eigenvalue weighted by Crippen LogP contribution is -2.54. The van der Waals surface area contributed by atoms with Crippen LogP contribution in [0.4, 0.5) is 15.8 Å². The van der Waals surface area contributed by atoms with Crippen molar-refractivity contribution in [3.8, 4) is 5.75 Å². The normalized spacial score (nSPS) is 17.0. The molecule has 2 amide bonds. The van der Waals surface area contributed by atoms with Crippen LogP contribution >= 0.6 is 0 Å². The van der Waals surface area contributed by atoms with Crippen molar-refractivity contribution in [2.45, 2.75) is 19.4 Å². The summed E-state index contributed by atoms with van der Waals surface area (Å²) >= 11 is 0. The predicted molar refractivity (Wildman–Crippen MR) is 88.8 cm³/mol. The van der Waals surface area contributed by atoms with Crippen LogP contribution in [0.2, 0.25) is 0 Å². The first-order valence-corrected chi connectivity index (χ1v) is 7.63. The summed E-state index contributed by atoms with van der Waals surface area (Å²) in [5.74, 6) is -1.05. The topological polar surface area (TPSA) is 60.9 Å². The molecule has 3 rings (SSSR count). The molecule has 1 heterocycles. The molecule has 0 saturated carbocycles. The molecule has 0 saturated heterocycles. The van der Waals surface area contributed by atoms with Gasteiger partial charge in [-0.3, -0.25) is 14.5 Å². The lowest BCUT2D eigenvalue weighted by atomic mass is 10.0. The molecule has 6 heteroatoms. The Morgan fingerprint density at radius 2 is 1.83 bits per heavy atom. The van der Waals surface area contributed by atoms with Crippen molar-refractivity contribution in [2.75, 3.05) is 16.8 Å². The first kappa shape index (κ1) is 16.0. The molecular weight excluding hydrogens is 311 g/mol. The zero-order valence-corrected chi connectivity index (χ0v) is 13.4. The molecule has 1 atom stereocenters. The Morgan fingerprint density at radius 1 is 1.17 bits per heavy atom. The molecule has 0 bridgehead atoms. The van der Waals surface area contributed by atoms with Gasteiger partial charge in [0, 0.05) is 12.6 Å². The summed E-state index contributed by atoms with van der Waals surface area (Å²) < 4.78 is 13.6. The third kappa shape index (κ3) is 2.50. The summed E-state index contributed by atoms with van der Waals surface area (Å²) in [6.45, 7) is 1.82. The highest BCUT2D eigenvalue weighted by molar-refractivity contribution is 6.17. The number of hydrogen-bond donors (Lipinski definition) is 1. The molecule has 1 aliphatic rings. The van der Waals surface area contributed by atoms with E-state index in [-0.39, 0.29) is 17.6 Å². The highest BCUT2D eigenvalue weighted by Crippen LogP contribution is 2.37. The molecule has 0 spiro atoms. The minimum absolute atomic E-state index is 0.0514. The zero-order valence-electron chi connectivity index (χ0n) is 13.4. The van der Waals surface area contributed by atoms with Crippen molar-refractivity contribution < 1.29 is 19.1 Å². The third-order valence-corrected chi connectivity index (χ3v) is 4.21. The molecule has 0 aromatic heterocycles. The summed E-state index contributed by atoms with van der Waals surface area (Å²) in [5.41, 5.74) is 1.19. The lowest BCUT2D eigenvalue weighted by Gasteiger charge is -2.40. The van der Waals surface area contributed by atoms with E-state index in [4.69, 9.17) is 0 Å². The highest BCUT2D eigenvalue weighted by atomic mass is 19.1. The Hall–Kier alpha value is -2.89. The van der Waals surface area contributed by atoms with E-state index >= 15 is 0 Å². The summed E-state index contributed by atoms with van der Waals surface area (Å²) in [7, 11) is 1.58. The average Bonchev–Trinajstić information content (AvgIpc) is 2.58. The van der Waals surface area contributed by atoms with Gasteiger partial charge in [0.2, 0.25) is 5.91 Å². The largest absolute Gasteiger partial charge is 0.508 e. The number of phenols is 1. The van der Waals surface area contributed by atoms with E-state index in [2.05, 4.69) is 0 Å². The molecule has 5 nitrogen and oxygen atoms in total. The number of carbonyl (C=O) groups is 2. The first-order chi connectivity index (χ1) is 11.4. The number of hydrogen-bond acceptors (Lipinski definition) is 3. The van der Waals surface area contributed by atoms with Gasteiger partial charge in [0.1, 0.15) is 17.6 Å². The van der Waals surface area contributed by atoms with Gasteiger partial charge >= 0.3 is 0 Å². The van der Waals surface area contributed by atoms with Gasteiger partial charge in [-0.1, -0.05) is 6.92 Å². The molecular formula is C18H17FN2O3. The maximum Gasteiger partial charge on any atom is 0.259 e. The molecule has 24 heavy (non-hydrogen) atoms. The summed E-state index contributed by atoms with van der Waals surface area (Å²) in [5, 5.41) is 9.38. The summed E-state index contributed by atoms with van der Waals surface area (Å²) in [4.78, 5) is 28.3. The van der Waals surface area contributed by atoms with Crippen LogP contribution in [0.15, 0.2) is 42.5 Å². The fourth-order valence-corrected chi connectivity index (χ4v) is 2.94. The fourth-order valence-electron chi connectivity index (χ4n) is 2.94. The number of fused-ring (bicyclic) bond motifs is 1. The Kier molecular flexibility index (Phi) is 3.97. The number of phenolic OH excluding ortho intramolecular Hbond substituents is 1. The molecule has 0 unspecified atom stereocenters. The Bertz CT molecular complexity index is 804. The molecule has 0 fully saturated rings. The van der Waals surface area contributed by atoms with E-state index in [1.54, 1.807) is 7.05 Å². The molecule has 0 radical (unpaired) electrons. The smallest absolute Gasteiger partial charge is 0.259 e. The van der Waals surface area contributed by atoms with E-state index in [1.807, 2.05) is 6.92 Å². The predicted octanol–water partition coefficient (Wildman–Crippen LogP) is 2.93. The van der Waals surface area contributed by atoms with Crippen LogP contribution in [-0.2, 0) is 4.79 Å². The monoisotopic (exact) mass is 328 g/mol. The van der Waals surface area contributed by atoms with Gasteiger partial charge in [0.15, 0.2) is 0 Å². The maximum absolute atomic E-state index is 13.6. The van der Waals surface area contributed by atoms with Crippen LogP contribution < -0.4 is 9.80 Å². The van der Waals surface area contributed by atoms with Gasteiger partial charge in [-0.05, 0) is 48.9 Å².